The predicted molar refractivity (Wildman–Crippen MR) is 204 cm³/mol. The summed E-state index contributed by atoms with van der Waals surface area (Å²) in [6.07, 6.45) is 42.0. The zero-order valence-electron chi connectivity index (χ0n) is 33.6. The normalized spacial score (nSPS) is 10.9. The van der Waals surface area contributed by atoms with E-state index in [1.54, 1.807) is 0 Å². The summed E-state index contributed by atoms with van der Waals surface area (Å²) in [7, 11) is 3.02. The van der Waals surface area contributed by atoms with Crippen molar-refractivity contribution >= 4 is 23.8 Å². The molecule has 0 fully saturated rings. The Balaban J connectivity index is -0.000000886. The van der Waals surface area contributed by atoms with Crippen molar-refractivity contribution in [2.75, 3.05) is 27.2 Å². The molecular formula is C42H76N2O6Zn. The molecule has 0 N–H and O–H groups in total. The number of rotatable bonds is 34. The van der Waals surface area contributed by atoms with Crippen molar-refractivity contribution in [1.29, 1.82) is 0 Å². The number of unbranched alkanes of at least 4 members (excludes halogenated alkanes) is 22. The number of carbonyl (C=O) groups is 4. The fourth-order valence-electron chi connectivity index (χ4n) is 5.64. The molecule has 8 nitrogen and oxygen atoms in total. The number of carbonyl (C=O) groups excluding carboxylic acids is 4. The number of amides is 2. The molecule has 0 heterocycles. The Hall–Kier alpha value is -2.02. The van der Waals surface area contributed by atoms with Gasteiger partial charge in [0.25, 0.3) is 0 Å². The first-order valence-electron chi connectivity index (χ1n) is 20.3. The minimum absolute atomic E-state index is 0. The van der Waals surface area contributed by atoms with Gasteiger partial charge in [0.15, 0.2) is 0 Å². The van der Waals surface area contributed by atoms with E-state index in [2.05, 4.69) is 38.2 Å². The molecule has 0 unspecified atom stereocenters. The molecule has 9 heteroatoms. The molecule has 51 heavy (non-hydrogen) atoms. The van der Waals surface area contributed by atoms with Crippen molar-refractivity contribution in [2.24, 2.45) is 0 Å². The molecule has 292 valence electrons. The van der Waals surface area contributed by atoms with Gasteiger partial charge in [0.2, 0.25) is 11.8 Å². The van der Waals surface area contributed by atoms with E-state index in [9.17, 15) is 29.4 Å². The average molecular weight is 770 g/mol. The number of likely N-dealkylation sites (N-methyl/N-ethyl adjacent to an activating group) is 2. The minimum atomic E-state index is -1.21. The molecule has 0 aromatic rings. The smallest absolute Gasteiger partial charge is 0.548 e. The molecule has 0 atom stereocenters. The van der Waals surface area contributed by atoms with Gasteiger partial charge in [0.05, 0.1) is 25.0 Å². The summed E-state index contributed by atoms with van der Waals surface area (Å²) in [6, 6.07) is 0. The topological polar surface area (TPSA) is 121 Å². The SMILES string of the molecule is CCCCCCCC/C=C\CCCCCCCC(=O)N(C)CC(=O)[O-].CCCCCCCC/C=C\CCCCCCCC(=O)N(C)CC(=O)[O-].[Zn+2]. The molecule has 0 aromatic carbocycles. The molecule has 0 bridgehead atoms. The Morgan fingerprint density at radius 1 is 0.412 bits per heavy atom. The van der Waals surface area contributed by atoms with E-state index in [0.717, 1.165) is 51.4 Å². The van der Waals surface area contributed by atoms with Crippen molar-refractivity contribution in [1.82, 2.24) is 9.80 Å². The van der Waals surface area contributed by atoms with Crippen LogP contribution < -0.4 is 10.2 Å². The van der Waals surface area contributed by atoms with Crippen molar-refractivity contribution in [3.05, 3.63) is 24.3 Å². The second-order valence-electron chi connectivity index (χ2n) is 13.9. The summed E-state index contributed by atoms with van der Waals surface area (Å²) in [5, 5.41) is 20.8. The van der Waals surface area contributed by atoms with Crippen LogP contribution in [-0.2, 0) is 38.7 Å². The van der Waals surface area contributed by atoms with Gasteiger partial charge in [-0.3, -0.25) is 9.59 Å². The summed E-state index contributed by atoms with van der Waals surface area (Å²) >= 11 is 0. The van der Waals surface area contributed by atoms with E-state index in [0.29, 0.717) is 12.8 Å². The van der Waals surface area contributed by atoms with Crippen LogP contribution >= 0.6 is 0 Å². The third-order valence-electron chi connectivity index (χ3n) is 8.89. The number of nitrogens with zero attached hydrogens (tertiary/aromatic N) is 2. The molecule has 0 radical (unpaired) electrons. The van der Waals surface area contributed by atoms with E-state index in [1.165, 1.54) is 139 Å². The fourth-order valence-corrected chi connectivity index (χ4v) is 5.64. The van der Waals surface area contributed by atoms with Crippen molar-refractivity contribution in [2.45, 2.75) is 194 Å². The standard InChI is InChI=1S/2C21H39NO3.Zn/c2*1-3-4-5-6-7-8-9-10-11-12-13-14-15-16-17-18-20(23)22(2)19-21(24)25;/h2*10-11H,3-9,12-19H2,1-2H3,(H,24,25);/q;;+2/p-2/b2*11-10-;. The van der Waals surface area contributed by atoms with Crippen LogP contribution in [0.1, 0.15) is 194 Å². The van der Waals surface area contributed by atoms with Gasteiger partial charge in [-0.05, 0) is 64.2 Å². The molecule has 0 aliphatic carbocycles. The second-order valence-corrected chi connectivity index (χ2v) is 13.9. The molecular weight excluding hydrogens is 694 g/mol. The Morgan fingerprint density at radius 2 is 0.647 bits per heavy atom. The van der Waals surface area contributed by atoms with E-state index < -0.39 is 11.9 Å². The number of hydrogen-bond acceptors (Lipinski definition) is 6. The third-order valence-corrected chi connectivity index (χ3v) is 8.89. The monoisotopic (exact) mass is 768 g/mol. The van der Waals surface area contributed by atoms with Crippen LogP contribution in [0.2, 0.25) is 0 Å². The number of carboxylic acids is 2. The Bertz CT molecular complexity index is 809. The summed E-state index contributed by atoms with van der Waals surface area (Å²) in [4.78, 5) is 46.6. The summed E-state index contributed by atoms with van der Waals surface area (Å²) in [5.74, 6) is -2.63. The van der Waals surface area contributed by atoms with Gasteiger partial charge in [-0.1, -0.05) is 141 Å². The molecule has 0 rings (SSSR count). The zero-order chi connectivity index (χ0) is 37.5. The van der Waals surface area contributed by atoms with Crippen molar-refractivity contribution in [3.8, 4) is 0 Å². The first kappa shape index (κ1) is 53.3. The predicted octanol–water partition coefficient (Wildman–Crippen LogP) is 8.46. The first-order chi connectivity index (χ1) is 24.1. The summed E-state index contributed by atoms with van der Waals surface area (Å²) < 4.78 is 0. The molecule has 0 aromatic heterocycles. The van der Waals surface area contributed by atoms with Crippen LogP contribution in [0.3, 0.4) is 0 Å². The number of carboxylic acid groups (broad SMARTS) is 2. The second kappa shape index (κ2) is 42.4. The molecule has 0 spiro atoms. The van der Waals surface area contributed by atoms with E-state index >= 15 is 0 Å². The van der Waals surface area contributed by atoms with Crippen LogP contribution in [0.5, 0.6) is 0 Å². The Kier molecular flexibility index (Phi) is 44.3. The van der Waals surface area contributed by atoms with Gasteiger partial charge in [-0.25, -0.2) is 0 Å². The number of allylic oxidation sites excluding steroid dienone is 4. The number of hydrogen-bond donors (Lipinski definition) is 0. The van der Waals surface area contributed by atoms with E-state index in [-0.39, 0.29) is 44.4 Å². The van der Waals surface area contributed by atoms with Crippen LogP contribution in [-0.4, -0.2) is 60.7 Å². The number of aliphatic carboxylic acids is 2. The Morgan fingerprint density at radius 3 is 0.902 bits per heavy atom. The molecule has 0 aliphatic heterocycles. The van der Waals surface area contributed by atoms with Crippen LogP contribution in [0, 0.1) is 0 Å². The van der Waals surface area contributed by atoms with Gasteiger partial charge in [-0.2, -0.15) is 0 Å². The van der Waals surface area contributed by atoms with Crippen LogP contribution in [0.25, 0.3) is 0 Å². The fraction of sp³-hybridized carbons (Fsp3) is 0.810. The molecule has 0 saturated carbocycles. The van der Waals surface area contributed by atoms with E-state index in [4.69, 9.17) is 0 Å². The quantitative estimate of drug-likeness (QED) is 0.0368. The minimum Gasteiger partial charge on any atom is -0.548 e. The van der Waals surface area contributed by atoms with Crippen molar-refractivity contribution in [3.63, 3.8) is 0 Å². The maximum Gasteiger partial charge on any atom is 2.00 e. The summed E-state index contributed by atoms with van der Waals surface area (Å²) in [5.41, 5.74) is 0. The van der Waals surface area contributed by atoms with E-state index in [1.807, 2.05) is 0 Å². The first-order valence-corrected chi connectivity index (χ1v) is 20.3. The largest absolute Gasteiger partial charge is 2.00 e. The van der Waals surface area contributed by atoms with Gasteiger partial charge in [0.1, 0.15) is 0 Å². The maximum absolute atomic E-state index is 11.6. The van der Waals surface area contributed by atoms with Crippen LogP contribution in [0.4, 0.5) is 0 Å². The summed E-state index contributed by atoms with van der Waals surface area (Å²) in [6.45, 7) is 3.87. The zero-order valence-corrected chi connectivity index (χ0v) is 36.5. The van der Waals surface area contributed by atoms with Gasteiger partial charge >= 0.3 is 19.5 Å². The van der Waals surface area contributed by atoms with Crippen molar-refractivity contribution < 1.29 is 48.9 Å². The van der Waals surface area contributed by atoms with Crippen LogP contribution in [0.15, 0.2) is 24.3 Å². The molecule has 0 saturated heterocycles. The maximum atomic E-state index is 11.6. The van der Waals surface area contributed by atoms with Gasteiger partial charge < -0.3 is 29.6 Å². The molecule has 2 amide bonds. The van der Waals surface area contributed by atoms with Gasteiger partial charge in [0, 0.05) is 26.9 Å². The molecule has 0 aliphatic rings. The Labute approximate surface area is 326 Å². The average Bonchev–Trinajstić information content (AvgIpc) is 3.07. The third kappa shape index (κ3) is 44.1. The van der Waals surface area contributed by atoms with Gasteiger partial charge in [-0.15, -0.1) is 0 Å².